The van der Waals surface area contributed by atoms with Crippen LogP contribution in [0.5, 0.6) is 0 Å². The molecule has 1 aliphatic heterocycles. The lowest BCUT2D eigenvalue weighted by molar-refractivity contribution is -0.130. The second kappa shape index (κ2) is 6.11. The molecule has 2 fully saturated rings. The first kappa shape index (κ1) is 14.9. The van der Waals surface area contributed by atoms with Crippen LogP contribution in [-0.4, -0.2) is 29.5 Å². The Morgan fingerprint density at radius 3 is 2.42 bits per heavy atom. The minimum atomic E-state index is -0.500. The van der Waals surface area contributed by atoms with Crippen LogP contribution < -0.4 is 0 Å². The molecule has 0 N–H and O–H groups in total. The van der Waals surface area contributed by atoms with Crippen molar-refractivity contribution in [2.75, 3.05) is 6.61 Å². The van der Waals surface area contributed by atoms with Crippen LogP contribution in [-0.2, 0) is 16.0 Å². The minimum absolute atomic E-state index is 0.0905. The van der Waals surface area contributed by atoms with Crippen LogP contribution in [0.2, 0.25) is 0 Å². The van der Waals surface area contributed by atoms with E-state index in [9.17, 15) is 9.59 Å². The zero-order chi connectivity index (χ0) is 16.5. The molecule has 2 aromatic carbocycles. The van der Waals surface area contributed by atoms with E-state index in [1.165, 1.54) is 10.5 Å². The van der Waals surface area contributed by atoms with Gasteiger partial charge in [-0.25, -0.2) is 9.69 Å². The van der Waals surface area contributed by atoms with Gasteiger partial charge >= 0.3 is 6.09 Å². The Balaban J connectivity index is 1.47. The molecule has 24 heavy (non-hydrogen) atoms. The molecular weight excluding hydrogens is 302 g/mol. The van der Waals surface area contributed by atoms with Gasteiger partial charge in [-0.3, -0.25) is 4.79 Å². The molecule has 4 heteroatoms. The number of amides is 2. The Morgan fingerprint density at radius 1 is 1.04 bits per heavy atom. The first-order valence-corrected chi connectivity index (χ1v) is 8.33. The Morgan fingerprint density at radius 2 is 1.71 bits per heavy atom. The predicted molar refractivity (Wildman–Crippen MR) is 89.4 cm³/mol. The fraction of sp³-hybridized carbons (Fsp3) is 0.300. The zero-order valence-corrected chi connectivity index (χ0v) is 13.3. The molecule has 4 rings (SSSR count). The van der Waals surface area contributed by atoms with Gasteiger partial charge in [-0.15, -0.1) is 0 Å². The van der Waals surface area contributed by atoms with E-state index < -0.39 is 6.09 Å². The maximum atomic E-state index is 12.8. The number of nitrogens with zero attached hydrogens (tertiary/aromatic N) is 1. The summed E-state index contributed by atoms with van der Waals surface area (Å²) in [5.41, 5.74) is 2.28. The van der Waals surface area contributed by atoms with Crippen LogP contribution in [0, 0.1) is 5.92 Å². The molecule has 0 bridgehead atoms. The lowest BCUT2D eigenvalue weighted by Gasteiger charge is -2.19. The monoisotopic (exact) mass is 321 g/mol. The Kier molecular flexibility index (Phi) is 3.81. The number of benzene rings is 2. The first-order valence-electron chi connectivity index (χ1n) is 8.33. The molecule has 122 valence electrons. The number of hydrogen-bond donors (Lipinski definition) is 0. The second-order valence-electron chi connectivity index (χ2n) is 6.49. The highest BCUT2D eigenvalue weighted by molar-refractivity contribution is 5.96. The fourth-order valence-electron chi connectivity index (χ4n) is 3.48. The van der Waals surface area contributed by atoms with Crippen molar-refractivity contribution >= 4 is 12.0 Å². The lowest BCUT2D eigenvalue weighted by atomic mass is 10.0. The highest BCUT2D eigenvalue weighted by Gasteiger charge is 2.50. The molecule has 2 amide bonds. The van der Waals surface area contributed by atoms with Crippen LogP contribution in [0.25, 0.3) is 0 Å². The van der Waals surface area contributed by atoms with Crippen LogP contribution in [0.3, 0.4) is 0 Å². The summed E-state index contributed by atoms with van der Waals surface area (Å²) in [4.78, 5) is 26.2. The van der Waals surface area contributed by atoms with Gasteiger partial charge in [-0.2, -0.15) is 0 Å². The van der Waals surface area contributed by atoms with Crippen molar-refractivity contribution in [2.45, 2.75) is 24.8 Å². The molecule has 1 heterocycles. The van der Waals surface area contributed by atoms with E-state index in [2.05, 4.69) is 0 Å². The standard InChI is InChI=1S/C20H19NO3/c22-19(18-12-17(18)15-9-5-2-6-10-15)21-16(13-24-20(21)23)11-14-7-3-1-4-8-14/h1-10,16-18H,11-13H2/t16-,17-,18?/m0/s1. The fourth-order valence-corrected chi connectivity index (χ4v) is 3.48. The Hall–Kier alpha value is -2.62. The third-order valence-corrected chi connectivity index (χ3v) is 4.85. The van der Waals surface area contributed by atoms with Crippen molar-refractivity contribution in [1.29, 1.82) is 0 Å². The first-order chi connectivity index (χ1) is 11.7. The van der Waals surface area contributed by atoms with Crippen LogP contribution in [0.1, 0.15) is 23.5 Å². The summed E-state index contributed by atoms with van der Waals surface area (Å²) >= 11 is 0. The van der Waals surface area contributed by atoms with E-state index in [-0.39, 0.29) is 30.4 Å². The molecule has 1 saturated carbocycles. The van der Waals surface area contributed by atoms with Crippen molar-refractivity contribution in [2.24, 2.45) is 5.92 Å². The molecular formula is C20H19NO3. The number of ether oxygens (including phenoxy) is 1. The van der Waals surface area contributed by atoms with E-state index in [4.69, 9.17) is 4.74 Å². The van der Waals surface area contributed by atoms with E-state index in [1.807, 2.05) is 60.7 Å². The van der Waals surface area contributed by atoms with Crippen molar-refractivity contribution in [3.63, 3.8) is 0 Å². The van der Waals surface area contributed by atoms with Crippen molar-refractivity contribution in [1.82, 2.24) is 4.90 Å². The predicted octanol–water partition coefficient (Wildman–Crippen LogP) is 3.38. The molecule has 1 saturated heterocycles. The summed E-state index contributed by atoms with van der Waals surface area (Å²) in [6.07, 6.45) is 0.950. The number of rotatable bonds is 4. The lowest BCUT2D eigenvalue weighted by Crippen LogP contribution is -2.41. The molecule has 2 aliphatic rings. The molecule has 0 spiro atoms. The minimum Gasteiger partial charge on any atom is -0.447 e. The largest absolute Gasteiger partial charge is 0.447 e. The quantitative estimate of drug-likeness (QED) is 0.867. The van der Waals surface area contributed by atoms with Gasteiger partial charge in [-0.1, -0.05) is 60.7 Å². The molecule has 1 unspecified atom stereocenters. The summed E-state index contributed by atoms with van der Waals surface area (Å²) in [5, 5.41) is 0. The van der Waals surface area contributed by atoms with Crippen LogP contribution in [0.15, 0.2) is 60.7 Å². The van der Waals surface area contributed by atoms with Gasteiger partial charge in [0.15, 0.2) is 0 Å². The van der Waals surface area contributed by atoms with E-state index >= 15 is 0 Å². The molecule has 4 nitrogen and oxygen atoms in total. The van der Waals surface area contributed by atoms with Crippen molar-refractivity contribution in [3.8, 4) is 0 Å². The van der Waals surface area contributed by atoms with Crippen LogP contribution in [0.4, 0.5) is 4.79 Å². The highest BCUT2D eigenvalue weighted by Crippen LogP contribution is 2.49. The topological polar surface area (TPSA) is 46.6 Å². The van der Waals surface area contributed by atoms with E-state index in [0.717, 1.165) is 12.0 Å². The summed E-state index contributed by atoms with van der Waals surface area (Å²) in [7, 11) is 0. The third-order valence-electron chi connectivity index (χ3n) is 4.85. The molecule has 0 radical (unpaired) electrons. The van der Waals surface area contributed by atoms with Gasteiger partial charge in [-0.05, 0) is 29.9 Å². The molecule has 2 aromatic rings. The summed E-state index contributed by atoms with van der Waals surface area (Å²) in [6, 6.07) is 19.7. The summed E-state index contributed by atoms with van der Waals surface area (Å²) < 4.78 is 5.16. The highest BCUT2D eigenvalue weighted by atomic mass is 16.6. The van der Waals surface area contributed by atoms with E-state index in [1.54, 1.807) is 0 Å². The number of hydrogen-bond acceptors (Lipinski definition) is 3. The summed E-state index contributed by atoms with van der Waals surface area (Å²) in [6.45, 7) is 0.280. The Bertz CT molecular complexity index is 744. The van der Waals surface area contributed by atoms with Gasteiger partial charge in [0.05, 0.1) is 6.04 Å². The smallest absolute Gasteiger partial charge is 0.416 e. The normalized spacial score (nSPS) is 25.4. The number of cyclic esters (lactones) is 1. The SMILES string of the molecule is O=C1OC[C@H](Cc2ccccc2)N1C(=O)C1C[C@H]1c1ccccc1. The average Bonchev–Trinajstić information content (AvgIpc) is 3.35. The van der Waals surface area contributed by atoms with Crippen molar-refractivity contribution < 1.29 is 14.3 Å². The van der Waals surface area contributed by atoms with Gasteiger partial charge < -0.3 is 4.74 Å². The van der Waals surface area contributed by atoms with Crippen molar-refractivity contribution in [3.05, 3.63) is 71.8 Å². The maximum absolute atomic E-state index is 12.8. The van der Waals surface area contributed by atoms with Gasteiger partial charge in [0.25, 0.3) is 0 Å². The van der Waals surface area contributed by atoms with E-state index in [0.29, 0.717) is 6.42 Å². The van der Waals surface area contributed by atoms with Gasteiger partial charge in [0.1, 0.15) is 6.61 Å². The zero-order valence-electron chi connectivity index (χ0n) is 13.3. The average molecular weight is 321 g/mol. The number of carbonyl (C=O) groups is 2. The Labute approximate surface area is 141 Å². The maximum Gasteiger partial charge on any atom is 0.416 e. The third kappa shape index (κ3) is 2.80. The molecule has 1 aliphatic carbocycles. The van der Waals surface area contributed by atoms with Crippen LogP contribution >= 0.6 is 0 Å². The number of imide groups is 1. The van der Waals surface area contributed by atoms with Gasteiger partial charge in [0, 0.05) is 5.92 Å². The molecule has 0 aromatic heterocycles. The molecule has 3 atom stereocenters. The summed E-state index contributed by atoms with van der Waals surface area (Å²) in [5.74, 6) is 0.0353. The number of carbonyl (C=O) groups excluding carboxylic acids is 2. The second-order valence-corrected chi connectivity index (χ2v) is 6.49. The van der Waals surface area contributed by atoms with Gasteiger partial charge in [0.2, 0.25) is 5.91 Å².